The second-order valence-electron chi connectivity index (χ2n) is 4.49. The van der Waals surface area contributed by atoms with E-state index >= 15 is 0 Å². The van der Waals surface area contributed by atoms with Crippen LogP contribution in [0.4, 0.5) is 0 Å². The van der Waals surface area contributed by atoms with Crippen molar-refractivity contribution in [3.63, 3.8) is 0 Å². The van der Waals surface area contributed by atoms with Crippen LogP contribution in [0.2, 0.25) is 19.6 Å². The van der Waals surface area contributed by atoms with Crippen LogP contribution in [0, 0.1) is 0 Å². The zero-order valence-electron chi connectivity index (χ0n) is 8.73. The quantitative estimate of drug-likeness (QED) is 0.312. The lowest BCUT2D eigenvalue weighted by Crippen LogP contribution is -2.35. The fraction of sp³-hybridized carbons (Fsp3) is 0.875. The van der Waals surface area contributed by atoms with Gasteiger partial charge in [0.15, 0.2) is 8.32 Å². The fourth-order valence-electron chi connectivity index (χ4n) is 1.56. The van der Waals surface area contributed by atoms with Gasteiger partial charge in [-0.25, -0.2) is 0 Å². The first-order valence-electron chi connectivity index (χ1n) is 4.66. The van der Waals surface area contributed by atoms with Gasteiger partial charge >= 0.3 is 0 Å². The molecular formula is C8H15N3O2Si. The van der Waals surface area contributed by atoms with E-state index in [1.165, 1.54) is 0 Å². The largest absolute Gasteiger partial charge is 0.414 e. The predicted molar refractivity (Wildman–Crippen MR) is 55.4 cm³/mol. The Morgan fingerprint density at radius 1 is 1.50 bits per heavy atom. The van der Waals surface area contributed by atoms with Crippen LogP contribution in [0.3, 0.4) is 0 Å². The van der Waals surface area contributed by atoms with E-state index in [1.807, 2.05) is 0 Å². The minimum Gasteiger partial charge on any atom is -0.414 e. The maximum atomic E-state index is 11.2. The number of azide groups is 1. The molecule has 2 unspecified atom stereocenters. The highest BCUT2D eigenvalue weighted by Crippen LogP contribution is 2.25. The number of carbonyl (C=O) groups is 1. The van der Waals surface area contributed by atoms with E-state index in [0.29, 0.717) is 12.8 Å². The third kappa shape index (κ3) is 3.14. The van der Waals surface area contributed by atoms with Gasteiger partial charge in [-0.05, 0) is 25.2 Å². The lowest BCUT2D eigenvalue weighted by Gasteiger charge is -2.25. The molecule has 14 heavy (non-hydrogen) atoms. The number of ketones is 1. The van der Waals surface area contributed by atoms with Crippen molar-refractivity contribution in [1.82, 2.24) is 0 Å². The van der Waals surface area contributed by atoms with E-state index in [1.54, 1.807) is 0 Å². The first-order valence-corrected chi connectivity index (χ1v) is 8.07. The van der Waals surface area contributed by atoms with Gasteiger partial charge < -0.3 is 4.43 Å². The Morgan fingerprint density at radius 3 is 2.64 bits per heavy atom. The molecule has 1 fully saturated rings. The number of nitrogens with zero attached hydrogens (tertiary/aromatic N) is 3. The molecule has 0 N–H and O–H groups in total. The van der Waals surface area contributed by atoms with Crippen LogP contribution in [-0.4, -0.2) is 26.2 Å². The van der Waals surface area contributed by atoms with Gasteiger partial charge in [-0.2, -0.15) is 0 Å². The highest BCUT2D eigenvalue weighted by molar-refractivity contribution is 6.69. The van der Waals surface area contributed by atoms with Crippen molar-refractivity contribution in [2.24, 2.45) is 5.11 Å². The van der Waals surface area contributed by atoms with Gasteiger partial charge in [0, 0.05) is 17.8 Å². The molecule has 0 saturated heterocycles. The van der Waals surface area contributed by atoms with E-state index in [0.717, 1.165) is 0 Å². The summed E-state index contributed by atoms with van der Waals surface area (Å²) in [6.45, 7) is 6.18. The maximum absolute atomic E-state index is 11.2. The Hall–Kier alpha value is -0.843. The molecule has 0 aromatic heterocycles. The molecule has 0 amide bonds. The van der Waals surface area contributed by atoms with E-state index in [2.05, 4.69) is 29.7 Å². The molecule has 0 radical (unpaired) electrons. The molecule has 6 heteroatoms. The molecular weight excluding hydrogens is 198 g/mol. The van der Waals surface area contributed by atoms with E-state index < -0.39 is 8.32 Å². The van der Waals surface area contributed by atoms with Gasteiger partial charge in [0.1, 0.15) is 5.78 Å². The number of rotatable bonds is 3. The molecule has 1 aliphatic carbocycles. The fourth-order valence-corrected chi connectivity index (χ4v) is 2.71. The summed E-state index contributed by atoms with van der Waals surface area (Å²) in [6.07, 6.45) is 0.540. The third-order valence-corrected chi connectivity index (χ3v) is 3.01. The number of Topliss-reactive ketones (excluding diaryl/α,β-unsaturated/α-hetero) is 1. The highest BCUT2D eigenvalue weighted by Gasteiger charge is 2.35. The normalized spacial score (nSPS) is 27.5. The molecule has 78 valence electrons. The molecule has 0 aliphatic heterocycles. The summed E-state index contributed by atoms with van der Waals surface area (Å²) in [7, 11) is -1.66. The average Bonchev–Trinajstić information content (AvgIpc) is 2.28. The third-order valence-electron chi connectivity index (χ3n) is 2.00. The molecule has 0 heterocycles. The Morgan fingerprint density at radius 2 is 2.14 bits per heavy atom. The number of hydrogen-bond donors (Lipinski definition) is 0. The van der Waals surface area contributed by atoms with Crippen LogP contribution >= 0.6 is 0 Å². The summed E-state index contributed by atoms with van der Waals surface area (Å²) < 4.78 is 5.79. The van der Waals surface area contributed by atoms with Crippen molar-refractivity contribution in [1.29, 1.82) is 0 Å². The Labute approximate surface area is 84.2 Å². The summed E-state index contributed by atoms with van der Waals surface area (Å²) in [5.74, 6) is 0.130. The van der Waals surface area contributed by atoms with Crippen molar-refractivity contribution in [2.45, 2.75) is 44.6 Å². The Bertz CT molecular complexity index is 281. The van der Waals surface area contributed by atoms with Crippen molar-refractivity contribution in [3.05, 3.63) is 10.4 Å². The van der Waals surface area contributed by atoms with E-state index in [9.17, 15) is 4.79 Å². The van der Waals surface area contributed by atoms with Gasteiger partial charge in [-0.15, -0.1) is 0 Å². The second kappa shape index (κ2) is 4.12. The molecule has 0 bridgehead atoms. The summed E-state index contributed by atoms with van der Waals surface area (Å²) in [6, 6.07) is -0.292. The van der Waals surface area contributed by atoms with Crippen LogP contribution in [-0.2, 0) is 9.22 Å². The minimum atomic E-state index is -1.66. The topological polar surface area (TPSA) is 75.1 Å². The minimum absolute atomic E-state index is 0.130. The smallest absolute Gasteiger partial charge is 0.184 e. The first-order chi connectivity index (χ1) is 6.42. The van der Waals surface area contributed by atoms with Crippen molar-refractivity contribution < 1.29 is 9.22 Å². The maximum Gasteiger partial charge on any atom is 0.184 e. The Kier molecular flexibility index (Phi) is 3.31. The molecule has 5 nitrogen and oxygen atoms in total. The van der Waals surface area contributed by atoms with Crippen LogP contribution in [0.15, 0.2) is 5.11 Å². The molecule has 0 aromatic carbocycles. The monoisotopic (exact) mass is 213 g/mol. The zero-order chi connectivity index (χ0) is 10.8. The van der Waals surface area contributed by atoms with Crippen LogP contribution in [0.25, 0.3) is 10.4 Å². The molecule has 1 saturated carbocycles. The number of hydrogen-bond acceptors (Lipinski definition) is 3. The average molecular weight is 213 g/mol. The SMILES string of the molecule is C[Si](C)(C)OC1CC(=O)CC1N=[N+]=[N-]. The molecule has 2 atom stereocenters. The lowest BCUT2D eigenvalue weighted by molar-refractivity contribution is -0.117. The predicted octanol–water partition coefficient (Wildman–Crippen LogP) is 2.25. The zero-order valence-corrected chi connectivity index (χ0v) is 9.73. The van der Waals surface area contributed by atoms with E-state index in [-0.39, 0.29) is 17.9 Å². The lowest BCUT2D eigenvalue weighted by atomic mass is 10.2. The molecule has 1 rings (SSSR count). The molecule has 1 aliphatic rings. The van der Waals surface area contributed by atoms with Crippen LogP contribution < -0.4 is 0 Å². The van der Waals surface area contributed by atoms with E-state index in [4.69, 9.17) is 9.96 Å². The van der Waals surface area contributed by atoms with Crippen LogP contribution in [0.5, 0.6) is 0 Å². The first kappa shape index (κ1) is 11.2. The molecule has 0 aromatic rings. The van der Waals surface area contributed by atoms with Gasteiger partial charge in [-0.3, -0.25) is 4.79 Å². The van der Waals surface area contributed by atoms with Gasteiger partial charge in [-0.1, -0.05) is 5.11 Å². The van der Waals surface area contributed by atoms with Crippen molar-refractivity contribution in [3.8, 4) is 0 Å². The van der Waals surface area contributed by atoms with Gasteiger partial charge in [0.25, 0.3) is 0 Å². The van der Waals surface area contributed by atoms with Crippen molar-refractivity contribution in [2.75, 3.05) is 0 Å². The summed E-state index contributed by atoms with van der Waals surface area (Å²) in [4.78, 5) is 13.9. The van der Waals surface area contributed by atoms with Gasteiger partial charge in [0.05, 0.1) is 12.1 Å². The number of carbonyl (C=O) groups excluding carboxylic acids is 1. The van der Waals surface area contributed by atoms with Crippen molar-refractivity contribution >= 4 is 14.1 Å². The van der Waals surface area contributed by atoms with Gasteiger partial charge in [0.2, 0.25) is 0 Å². The van der Waals surface area contributed by atoms with Crippen LogP contribution in [0.1, 0.15) is 12.8 Å². The summed E-state index contributed by atoms with van der Waals surface area (Å²) >= 11 is 0. The standard InChI is InChI=1S/C8H15N3O2Si/c1-14(2,3)13-8-5-6(12)4-7(8)10-11-9/h7-8H,4-5H2,1-3H3. The summed E-state index contributed by atoms with van der Waals surface area (Å²) in [5, 5.41) is 3.60. The second-order valence-corrected chi connectivity index (χ2v) is 8.95. The molecule has 0 spiro atoms. The Balaban J connectivity index is 2.67. The summed E-state index contributed by atoms with van der Waals surface area (Å²) in [5.41, 5.74) is 8.33. The highest BCUT2D eigenvalue weighted by atomic mass is 28.4.